The van der Waals surface area contributed by atoms with E-state index in [1.165, 1.54) is 0 Å². The predicted octanol–water partition coefficient (Wildman–Crippen LogP) is 1.57. The molecule has 1 aromatic heterocycles. The number of anilines is 2. The molecular formula is C14H22N4OS. The van der Waals surface area contributed by atoms with Crippen LogP contribution in [-0.4, -0.2) is 48.1 Å². The Kier molecular flexibility index (Phi) is 5.67. The van der Waals surface area contributed by atoms with E-state index in [0.29, 0.717) is 0 Å². The molecule has 5 nitrogen and oxygen atoms in total. The third-order valence-corrected chi connectivity index (χ3v) is 4.40. The van der Waals surface area contributed by atoms with Crippen LogP contribution in [0, 0.1) is 0 Å². The van der Waals surface area contributed by atoms with Crippen LogP contribution in [0.3, 0.4) is 0 Å². The molecule has 0 radical (unpaired) electrons. The molecule has 0 spiro atoms. The lowest BCUT2D eigenvalue weighted by atomic mass is 10.3. The molecule has 1 aromatic rings. The minimum absolute atomic E-state index is 0.0228. The van der Waals surface area contributed by atoms with Gasteiger partial charge in [-0.25, -0.2) is 4.98 Å². The van der Waals surface area contributed by atoms with E-state index >= 15 is 0 Å². The number of aromatic nitrogens is 1. The Bertz CT molecular complexity index is 427. The number of carbonyl (C=O) groups excluding carboxylic acids is 1. The van der Waals surface area contributed by atoms with Gasteiger partial charge in [-0.1, -0.05) is 0 Å². The van der Waals surface area contributed by atoms with Crippen molar-refractivity contribution < 1.29 is 4.79 Å². The zero-order valence-electron chi connectivity index (χ0n) is 12.1. The molecule has 0 bridgehead atoms. The summed E-state index contributed by atoms with van der Waals surface area (Å²) in [5.41, 5.74) is 0.753. The van der Waals surface area contributed by atoms with Gasteiger partial charge in [0.25, 0.3) is 0 Å². The highest BCUT2D eigenvalue weighted by atomic mass is 32.2. The van der Waals surface area contributed by atoms with Gasteiger partial charge < -0.3 is 15.5 Å². The molecule has 1 atom stereocenters. The highest BCUT2D eigenvalue weighted by molar-refractivity contribution is 7.99. The maximum atomic E-state index is 12.1. The summed E-state index contributed by atoms with van der Waals surface area (Å²) < 4.78 is 0. The minimum Gasteiger partial charge on any atom is -0.357 e. The summed E-state index contributed by atoms with van der Waals surface area (Å²) in [6.07, 6.45) is 1.72. The zero-order chi connectivity index (χ0) is 14.4. The lowest BCUT2D eigenvalue weighted by molar-refractivity contribution is -0.117. The van der Waals surface area contributed by atoms with Crippen molar-refractivity contribution in [2.75, 3.05) is 41.4 Å². The Balaban J connectivity index is 1.94. The Labute approximate surface area is 124 Å². The van der Waals surface area contributed by atoms with Crippen LogP contribution in [0.4, 0.5) is 11.5 Å². The van der Waals surface area contributed by atoms with Crippen molar-refractivity contribution in [3.63, 3.8) is 0 Å². The van der Waals surface area contributed by atoms with Gasteiger partial charge in [-0.05, 0) is 26.0 Å². The van der Waals surface area contributed by atoms with Crippen LogP contribution < -0.4 is 15.5 Å². The topological polar surface area (TPSA) is 57.3 Å². The molecule has 20 heavy (non-hydrogen) atoms. The standard InChI is InChI=1S/C14H22N4OS/c1-3-18(4-2)13-6-5-11(9-16-13)17-14(19)12-10-20-8-7-15-12/h5-6,9,12,15H,3-4,7-8,10H2,1-2H3,(H,17,19). The zero-order valence-corrected chi connectivity index (χ0v) is 12.9. The number of carbonyl (C=O) groups is 1. The van der Waals surface area contributed by atoms with E-state index in [0.717, 1.165) is 42.6 Å². The minimum atomic E-state index is -0.101. The smallest absolute Gasteiger partial charge is 0.242 e. The van der Waals surface area contributed by atoms with E-state index in [4.69, 9.17) is 0 Å². The number of hydrogen-bond acceptors (Lipinski definition) is 5. The summed E-state index contributed by atoms with van der Waals surface area (Å²) in [4.78, 5) is 18.6. The maximum absolute atomic E-state index is 12.1. The molecule has 0 saturated carbocycles. The second kappa shape index (κ2) is 7.50. The molecule has 0 aliphatic carbocycles. The summed E-state index contributed by atoms with van der Waals surface area (Å²) in [5.74, 6) is 2.87. The fraction of sp³-hybridized carbons (Fsp3) is 0.571. The van der Waals surface area contributed by atoms with Crippen LogP contribution in [0.2, 0.25) is 0 Å². The van der Waals surface area contributed by atoms with Gasteiger partial charge in [-0.3, -0.25) is 4.79 Å². The number of amides is 1. The molecule has 1 unspecified atom stereocenters. The molecule has 1 aliphatic rings. The van der Waals surface area contributed by atoms with Crippen molar-refractivity contribution in [3.8, 4) is 0 Å². The van der Waals surface area contributed by atoms with Crippen molar-refractivity contribution in [2.24, 2.45) is 0 Å². The number of nitrogens with one attached hydrogen (secondary N) is 2. The highest BCUT2D eigenvalue weighted by Gasteiger charge is 2.20. The van der Waals surface area contributed by atoms with Crippen LogP contribution in [0.5, 0.6) is 0 Å². The molecule has 6 heteroatoms. The molecule has 2 heterocycles. The van der Waals surface area contributed by atoms with E-state index in [1.807, 2.05) is 23.9 Å². The number of thioether (sulfide) groups is 1. The fourth-order valence-corrected chi connectivity index (χ4v) is 3.09. The molecule has 1 saturated heterocycles. The summed E-state index contributed by atoms with van der Waals surface area (Å²) in [7, 11) is 0. The number of hydrogen-bond donors (Lipinski definition) is 2. The molecule has 2 N–H and O–H groups in total. The van der Waals surface area contributed by atoms with Gasteiger partial charge in [0.15, 0.2) is 0 Å². The van der Waals surface area contributed by atoms with Crippen molar-refractivity contribution in [1.29, 1.82) is 0 Å². The third-order valence-electron chi connectivity index (χ3n) is 3.34. The van der Waals surface area contributed by atoms with Crippen molar-refractivity contribution in [1.82, 2.24) is 10.3 Å². The second-order valence-electron chi connectivity index (χ2n) is 4.65. The molecular weight excluding hydrogens is 272 g/mol. The Morgan fingerprint density at radius 3 is 2.85 bits per heavy atom. The fourth-order valence-electron chi connectivity index (χ4n) is 2.16. The first-order chi connectivity index (χ1) is 9.74. The highest BCUT2D eigenvalue weighted by Crippen LogP contribution is 2.15. The van der Waals surface area contributed by atoms with Crippen LogP contribution in [0.25, 0.3) is 0 Å². The van der Waals surface area contributed by atoms with E-state index < -0.39 is 0 Å². The third kappa shape index (κ3) is 3.86. The van der Waals surface area contributed by atoms with Gasteiger partial charge >= 0.3 is 0 Å². The largest absolute Gasteiger partial charge is 0.357 e. The Morgan fingerprint density at radius 2 is 2.30 bits per heavy atom. The first-order valence-electron chi connectivity index (χ1n) is 7.07. The van der Waals surface area contributed by atoms with E-state index in [-0.39, 0.29) is 11.9 Å². The van der Waals surface area contributed by atoms with Crippen molar-refractivity contribution in [2.45, 2.75) is 19.9 Å². The van der Waals surface area contributed by atoms with Gasteiger partial charge in [-0.2, -0.15) is 11.8 Å². The van der Waals surface area contributed by atoms with Crippen LogP contribution in [-0.2, 0) is 4.79 Å². The maximum Gasteiger partial charge on any atom is 0.242 e. The van der Waals surface area contributed by atoms with Gasteiger partial charge in [0.05, 0.1) is 17.9 Å². The van der Waals surface area contributed by atoms with E-state index in [1.54, 1.807) is 6.20 Å². The summed E-state index contributed by atoms with van der Waals surface area (Å²) in [5, 5.41) is 6.14. The SMILES string of the molecule is CCN(CC)c1ccc(NC(=O)C2CSCCN2)cn1. The van der Waals surface area contributed by atoms with Gasteiger partial charge in [0, 0.05) is 31.1 Å². The first kappa shape index (κ1) is 15.1. The average Bonchev–Trinajstić information content (AvgIpc) is 2.51. The van der Waals surface area contributed by atoms with Gasteiger partial charge in [-0.15, -0.1) is 0 Å². The van der Waals surface area contributed by atoms with Crippen molar-refractivity contribution in [3.05, 3.63) is 18.3 Å². The number of pyridine rings is 1. The lowest BCUT2D eigenvalue weighted by Gasteiger charge is -2.22. The van der Waals surface area contributed by atoms with Crippen molar-refractivity contribution >= 4 is 29.2 Å². The van der Waals surface area contributed by atoms with Crippen LogP contribution >= 0.6 is 11.8 Å². The normalized spacial score (nSPS) is 18.6. The summed E-state index contributed by atoms with van der Waals surface area (Å²) in [6.45, 7) is 6.96. The molecule has 1 amide bonds. The molecule has 1 fully saturated rings. The molecule has 2 rings (SSSR count). The number of rotatable bonds is 5. The van der Waals surface area contributed by atoms with E-state index in [2.05, 4.69) is 34.4 Å². The summed E-state index contributed by atoms with van der Waals surface area (Å²) >= 11 is 1.81. The predicted molar refractivity (Wildman–Crippen MR) is 85.5 cm³/mol. The quantitative estimate of drug-likeness (QED) is 0.863. The Morgan fingerprint density at radius 1 is 1.50 bits per heavy atom. The summed E-state index contributed by atoms with van der Waals surface area (Å²) in [6, 6.07) is 3.76. The monoisotopic (exact) mass is 294 g/mol. The Hall–Kier alpha value is -1.27. The van der Waals surface area contributed by atoms with Gasteiger partial charge in [0.2, 0.25) is 5.91 Å². The molecule has 0 aromatic carbocycles. The van der Waals surface area contributed by atoms with Gasteiger partial charge in [0.1, 0.15) is 5.82 Å². The molecule has 110 valence electrons. The number of nitrogens with zero attached hydrogens (tertiary/aromatic N) is 2. The lowest BCUT2D eigenvalue weighted by Crippen LogP contribution is -2.46. The first-order valence-corrected chi connectivity index (χ1v) is 8.23. The average molecular weight is 294 g/mol. The van der Waals surface area contributed by atoms with Crippen LogP contribution in [0.1, 0.15) is 13.8 Å². The van der Waals surface area contributed by atoms with E-state index in [9.17, 15) is 4.79 Å². The van der Waals surface area contributed by atoms with Crippen LogP contribution in [0.15, 0.2) is 18.3 Å². The second-order valence-corrected chi connectivity index (χ2v) is 5.80. The molecule has 1 aliphatic heterocycles.